The maximum Gasteiger partial charge on any atom is 0.410 e. The molecule has 2 bridgehead atoms. The third kappa shape index (κ3) is 3.60. The molecule has 0 aliphatic carbocycles. The Morgan fingerprint density at radius 2 is 1.65 bits per heavy atom. The lowest BCUT2D eigenvalue weighted by Gasteiger charge is -2.51. The summed E-state index contributed by atoms with van der Waals surface area (Å²) in [6.07, 6.45) is 0.618. The lowest BCUT2D eigenvalue weighted by Crippen LogP contribution is -2.63. The highest BCUT2D eigenvalue weighted by molar-refractivity contribution is 5.69. The third-order valence-electron chi connectivity index (χ3n) is 5.50. The van der Waals surface area contributed by atoms with Crippen LogP contribution in [0.4, 0.5) is 4.79 Å². The number of carbonyl (C=O) groups is 1. The van der Waals surface area contributed by atoms with Crippen LogP contribution in [0, 0.1) is 20.8 Å². The second kappa shape index (κ2) is 6.54. The molecule has 2 heterocycles. The second-order valence-electron chi connectivity index (χ2n) is 8.92. The van der Waals surface area contributed by atoms with E-state index in [4.69, 9.17) is 9.47 Å². The van der Waals surface area contributed by atoms with Gasteiger partial charge in [-0.3, -0.25) is 4.90 Å². The minimum absolute atomic E-state index is 0.177. The van der Waals surface area contributed by atoms with E-state index in [0.29, 0.717) is 26.1 Å². The number of rotatable bonds is 1. The second-order valence-corrected chi connectivity index (χ2v) is 8.92. The van der Waals surface area contributed by atoms with Crippen LogP contribution in [0.25, 0.3) is 0 Å². The fourth-order valence-electron chi connectivity index (χ4n) is 4.27. The van der Waals surface area contributed by atoms with Crippen molar-refractivity contribution in [1.29, 1.82) is 0 Å². The highest BCUT2D eigenvalue weighted by Crippen LogP contribution is 2.43. The van der Waals surface area contributed by atoms with Gasteiger partial charge in [0.2, 0.25) is 0 Å². The number of carbonyl (C=O) groups excluding carboxylic acids is 1. The van der Waals surface area contributed by atoms with Gasteiger partial charge in [-0.15, -0.1) is 0 Å². The molecule has 2 aliphatic heterocycles. The lowest BCUT2D eigenvalue weighted by atomic mass is 9.75. The van der Waals surface area contributed by atoms with E-state index in [1.54, 1.807) is 4.90 Å². The van der Waals surface area contributed by atoms with Gasteiger partial charge in [-0.05, 0) is 63.8 Å². The SMILES string of the molecule is Cc1cc(C)c(C2(O)CC3COCC(C2)N3C(=O)OC(C)(C)C)cc1C. The molecular weight excluding hydrogens is 330 g/mol. The Balaban J connectivity index is 1.90. The molecule has 3 rings (SSSR count). The highest BCUT2D eigenvalue weighted by atomic mass is 16.6. The number of aliphatic hydroxyl groups is 1. The van der Waals surface area contributed by atoms with Crippen LogP contribution < -0.4 is 0 Å². The lowest BCUT2D eigenvalue weighted by molar-refractivity contribution is -0.141. The maximum absolute atomic E-state index is 12.7. The topological polar surface area (TPSA) is 59.0 Å². The first-order valence-corrected chi connectivity index (χ1v) is 9.40. The Bertz CT molecular complexity index is 693. The van der Waals surface area contributed by atoms with Crippen LogP contribution in [-0.4, -0.2) is 47.0 Å². The van der Waals surface area contributed by atoms with Crippen LogP contribution in [0.2, 0.25) is 0 Å². The molecule has 2 unspecified atom stereocenters. The van der Waals surface area contributed by atoms with Crippen molar-refractivity contribution in [2.24, 2.45) is 0 Å². The van der Waals surface area contributed by atoms with Crippen molar-refractivity contribution in [2.75, 3.05) is 13.2 Å². The number of fused-ring (bicyclic) bond motifs is 2. The van der Waals surface area contributed by atoms with Crippen LogP contribution in [-0.2, 0) is 15.1 Å². The van der Waals surface area contributed by atoms with Crippen molar-refractivity contribution in [1.82, 2.24) is 4.90 Å². The summed E-state index contributed by atoms with van der Waals surface area (Å²) < 4.78 is 11.3. The molecule has 1 N–H and O–H groups in total. The molecule has 144 valence electrons. The minimum Gasteiger partial charge on any atom is -0.444 e. The van der Waals surface area contributed by atoms with Gasteiger partial charge in [-0.25, -0.2) is 4.79 Å². The molecule has 1 aromatic rings. The molecule has 1 amide bonds. The average Bonchev–Trinajstić information content (AvgIpc) is 2.48. The minimum atomic E-state index is -0.944. The summed E-state index contributed by atoms with van der Waals surface area (Å²) in [7, 11) is 0. The summed E-state index contributed by atoms with van der Waals surface area (Å²) >= 11 is 0. The quantitative estimate of drug-likeness (QED) is 0.830. The first kappa shape index (κ1) is 19.2. The number of morpholine rings is 1. The Hall–Kier alpha value is -1.59. The summed E-state index contributed by atoms with van der Waals surface area (Å²) in [4.78, 5) is 14.5. The Kier molecular flexibility index (Phi) is 4.82. The van der Waals surface area contributed by atoms with Gasteiger partial charge in [-0.2, -0.15) is 0 Å². The first-order chi connectivity index (χ1) is 12.0. The summed E-state index contributed by atoms with van der Waals surface area (Å²) in [5.41, 5.74) is 2.99. The Morgan fingerprint density at radius 3 is 2.19 bits per heavy atom. The summed E-state index contributed by atoms with van der Waals surface area (Å²) in [5, 5.41) is 11.5. The number of nitrogens with zero attached hydrogens (tertiary/aromatic N) is 1. The standard InChI is InChI=1S/C21H31NO4/c1-13-7-15(3)18(8-14(13)2)21(24)9-16-11-25-12-17(10-21)22(16)19(23)26-20(4,5)6/h7-8,16-17,24H,9-12H2,1-6H3. The average molecular weight is 361 g/mol. The Labute approximate surface area is 156 Å². The molecule has 0 radical (unpaired) electrons. The van der Waals surface area contributed by atoms with Gasteiger partial charge in [0.1, 0.15) is 5.60 Å². The molecule has 26 heavy (non-hydrogen) atoms. The number of amides is 1. The van der Waals surface area contributed by atoms with Crippen molar-refractivity contribution in [3.05, 3.63) is 34.4 Å². The van der Waals surface area contributed by atoms with Gasteiger partial charge in [0.25, 0.3) is 0 Å². The van der Waals surface area contributed by atoms with E-state index >= 15 is 0 Å². The number of ether oxygens (including phenoxy) is 2. The number of hydrogen-bond acceptors (Lipinski definition) is 4. The molecular formula is C21H31NO4. The van der Waals surface area contributed by atoms with Gasteiger partial charge >= 0.3 is 6.09 Å². The van der Waals surface area contributed by atoms with E-state index in [0.717, 1.165) is 11.1 Å². The largest absolute Gasteiger partial charge is 0.444 e. The number of hydrogen-bond donors (Lipinski definition) is 1. The van der Waals surface area contributed by atoms with Crippen molar-refractivity contribution in [3.8, 4) is 0 Å². The van der Waals surface area contributed by atoms with E-state index in [1.165, 1.54) is 11.1 Å². The normalized spacial score (nSPS) is 28.8. The molecule has 0 aromatic heterocycles. The third-order valence-corrected chi connectivity index (χ3v) is 5.50. The number of aryl methyl sites for hydroxylation is 3. The fraction of sp³-hybridized carbons (Fsp3) is 0.667. The van der Waals surface area contributed by atoms with Crippen LogP contribution in [0.1, 0.15) is 55.9 Å². The molecule has 0 saturated carbocycles. The van der Waals surface area contributed by atoms with Crippen LogP contribution >= 0.6 is 0 Å². The van der Waals surface area contributed by atoms with E-state index < -0.39 is 11.2 Å². The molecule has 5 nitrogen and oxygen atoms in total. The number of benzene rings is 1. The zero-order valence-electron chi connectivity index (χ0n) is 16.8. The fourth-order valence-corrected chi connectivity index (χ4v) is 4.27. The van der Waals surface area contributed by atoms with Crippen molar-refractivity contribution in [2.45, 2.75) is 77.7 Å². The van der Waals surface area contributed by atoms with Gasteiger partial charge < -0.3 is 14.6 Å². The monoisotopic (exact) mass is 361 g/mol. The van der Waals surface area contributed by atoms with Gasteiger partial charge in [0, 0.05) is 12.8 Å². The summed E-state index contributed by atoms with van der Waals surface area (Å²) in [6, 6.07) is 3.88. The van der Waals surface area contributed by atoms with Crippen molar-refractivity contribution >= 4 is 6.09 Å². The Morgan fingerprint density at radius 1 is 1.12 bits per heavy atom. The molecule has 2 fully saturated rings. The van der Waals surface area contributed by atoms with Crippen molar-refractivity contribution < 1.29 is 19.4 Å². The summed E-state index contributed by atoms with van der Waals surface area (Å²) in [5.74, 6) is 0. The van der Waals surface area contributed by atoms with Gasteiger partial charge in [0.15, 0.2) is 0 Å². The summed E-state index contributed by atoms with van der Waals surface area (Å²) in [6.45, 7) is 12.7. The molecule has 1 aromatic carbocycles. The highest BCUT2D eigenvalue weighted by Gasteiger charge is 2.50. The molecule has 0 spiro atoms. The predicted octanol–water partition coefficient (Wildman–Crippen LogP) is 3.60. The zero-order valence-corrected chi connectivity index (χ0v) is 16.8. The predicted molar refractivity (Wildman–Crippen MR) is 100 cm³/mol. The maximum atomic E-state index is 12.7. The van der Waals surface area contributed by atoms with Gasteiger partial charge in [0.05, 0.1) is 30.9 Å². The van der Waals surface area contributed by atoms with Crippen LogP contribution in [0.3, 0.4) is 0 Å². The van der Waals surface area contributed by atoms with Crippen LogP contribution in [0.5, 0.6) is 0 Å². The van der Waals surface area contributed by atoms with E-state index in [2.05, 4.69) is 26.0 Å². The van der Waals surface area contributed by atoms with E-state index in [1.807, 2.05) is 27.7 Å². The molecule has 2 atom stereocenters. The molecule has 5 heteroatoms. The number of piperidine rings is 1. The van der Waals surface area contributed by atoms with E-state index in [-0.39, 0.29) is 18.2 Å². The van der Waals surface area contributed by atoms with Crippen molar-refractivity contribution in [3.63, 3.8) is 0 Å². The molecule has 2 saturated heterocycles. The van der Waals surface area contributed by atoms with Gasteiger partial charge in [-0.1, -0.05) is 12.1 Å². The van der Waals surface area contributed by atoms with Crippen LogP contribution in [0.15, 0.2) is 12.1 Å². The zero-order chi connectivity index (χ0) is 19.3. The first-order valence-electron chi connectivity index (χ1n) is 9.40. The molecule has 2 aliphatic rings. The van der Waals surface area contributed by atoms with E-state index in [9.17, 15) is 9.90 Å². The smallest absolute Gasteiger partial charge is 0.410 e.